The van der Waals surface area contributed by atoms with Crippen molar-refractivity contribution in [2.24, 2.45) is 0 Å². The lowest BCUT2D eigenvalue weighted by atomic mass is 10.3. The van der Waals surface area contributed by atoms with E-state index in [1.54, 1.807) is 17.3 Å². The van der Waals surface area contributed by atoms with E-state index in [1.165, 1.54) is 0 Å². The van der Waals surface area contributed by atoms with Gasteiger partial charge in [0, 0.05) is 45.6 Å². The maximum absolute atomic E-state index is 12.0. The molecule has 0 saturated carbocycles. The summed E-state index contributed by atoms with van der Waals surface area (Å²) in [6.45, 7) is 3.58. The number of likely N-dealkylation sites (N-methyl/N-ethyl adjacent to an activating group) is 1. The van der Waals surface area contributed by atoms with Gasteiger partial charge in [-0.25, -0.2) is 9.97 Å². The molecule has 1 N–H and O–H groups in total. The Kier molecular flexibility index (Phi) is 4.48. The number of nitrogens with zero attached hydrogens (tertiary/aromatic N) is 4. The molecular weight excluding hydrogens is 298 g/mol. The summed E-state index contributed by atoms with van der Waals surface area (Å²) in [4.78, 5) is 24.0. The van der Waals surface area contributed by atoms with Crippen LogP contribution in [0.25, 0.3) is 0 Å². The first-order chi connectivity index (χ1) is 8.66. The first kappa shape index (κ1) is 13.2. The highest BCUT2D eigenvalue weighted by Gasteiger charge is 2.18. The van der Waals surface area contributed by atoms with E-state index in [9.17, 15) is 4.79 Å². The minimum absolute atomic E-state index is 0.116. The first-order valence-electron chi connectivity index (χ1n) is 5.84. The lowest BCUT2D eigenvalue weighted by molar-refractivity contribution is -0.130. The third-order valence-electron chi connectivity index (χ3n) is 2.79. The largest absolute Gasteiger partial charge is 0.339 e. The summed E-state index contributed by atoms with van der Waals surface area (Å²) in [7, 11) is 1.82. The molecule has 2 rings (SSSR count). The number of hydrogen-bond acceptors (Lipinski definition) is 5. The van der Waals surface area contributed by atoms with Crippen molar-refractivity contribution in [2.75, 3.05) is 44.7 Å². The average molecular weight is 314 g/mol. The van der Waals surface area contributed by atoms with Crippen LogP contribution in [0, 0.1) is 0 Å². The second-order valence-electron chi connectivity index (χ2n) is 4.19. The van der Waals surface area contributed by atoms with Crippen molar-refractivity contribution in [3.05, 3.63) is 16.9 Å². The number of piperazine rings is 1. The molecular formula is C11H16BrN5O. The second kappa shape index (κ2) is 6.10. The number of carbonyl (C=O) groups is 1. The molecule has 0 atom stereocenters. The van der Waals surface area contributed by atoms with E-state index < -0.39 is 0 Å². The fraction of sp³-hybridized carbons (Fsp3) is 0.545. The molecule has 0 aromatic carbocycles. The monoisotopic (exact) mass is 313 g/mol. The van der Waals surface area contributed by atoms with Crippen molar-refractivity contribution in [1.82, 2.24) is 20.2 Å². The number of aromatic nitrogens is 2. The van der Waals surface area contributed by atoms with Gasteiger partial charge in [0.1, 0.15) is 0 Å². The summed E-state index contributed by atoms with van der Waals surface area (Å²) in [5, 5.41) is 3.22. The van der Waals surface area contributed by atoms with Gasteiger partial charge in [0.05, 0.1) is 11.0 Å². The van der Waals surface area contributed by atoms with Crippen molar-refractivity contribution in [3.8, 4) is 0 Å². The van der Waals surface area contributed by atoms with Gasteiger partial charge in [-0.2, -0.15) is 0 Å². The molecule has 1 saturated heterocycles. The van der Waals surface area contributed by atoms with E-state index in [4.69, 9.17) is 0 Å². The second-order valence-corrected chi connectivity index (χ2v) is 5.10. The van der Waals surface area contributed by atoms with Gasteiger partial charge in [-0.15, -0.1) is 0 Å². The summed E-state index contributed by atoms with van der Waals surface area (Å²) >= 11 is 3.28. The van der Waals surface area contributed by atoms with Crippen LogP contribution in [-0.2, 0) is 4.79 Å². The lowest BCUT2D eigenvalue weighted by Gasteiger charge is -2.29. The smallest absolute Gasteiger partial charge is 0.242 e. The molecule has 98 valence electrons. The summed E-state index contributed by atoms with van der Waals surface area (Å²) in [5.74, 6) is 0.673. The van der Waals surface area contributed by atoms with Gasteiger partial charge in [-0.05, 0) is 15.9 Å². The quantitative estimate of drug-likeness (QED) is 0.858. The number of hydrogen-bond donors (Lipinski definition) is 1. The van der Waals surface area contributed by atoms with Crippen LogP contribution in [0.5, 0.6) is 0 Å². The van der Waals surface area contributed by atoms with Crippen molar-refractivity contribution in [1.29, 1.82) is 0 Å². The minimum Gasteiger partial charge on any atom is -0.339 e. The molecule has 1 aliphatic rings. The van der Waals surface area contributed by atoms with Crippen LogP contribution in [0.2, 0.25) is 0 Å². The number of anilines is 1. The molecule has 18 heavy (non-hydrogen) atoms. The maximum Gasteiger partial charge on any atom is 0.242 e. The number of rotatable bonds is 3. The number of amides is 1. The van der Waals surface area contributed by atoms with Crippen LogP contribution < -0.4 is 10.2 Å². The lowest BCUT2D eigenvalue weighted by Crippen LogP contribution is -2.49. The SMILES string of the molecule is CN(CC(=O)N1CCNCC1)c1ncc(Br)cn1. The molecule has 1 aromatic rings. The first-order valence-corrected chi connectivity index (χ1v) is 6.63. The molecule has 7 heteroatoms. The van der Waals surface area contributed by atoms with Crippen LogP contribution in [0.3, 0.4) is 0 Å². The van der Waals surface area contributed by atoms with Crippen LogP contribution in [-0.4, -0.2) is 60.5 Å². The van der Waals surface area contributed by atoms with Gasteiger partial charge >= 0.3 is 0 Å². The Bertz CT molecular complexity index is 404. The Balaban J connectivity index is 1.91. The Hall–Kier alpha value is -1.21. The van der Waals surface area contributed by atoms with E-state index >= 15 is 0 Å². The average Bonchev–Trinajstić information content (AvgIpc) is 2.40. The van der Waals surface area contributed by atoms with E-state index in [0.29, 0.717) is 12.5 Å². The van der Waals surface area contributed by atoms with Gasteiger partial charge in [-0.1, -0.05) is 0 Å². The fourth-order valence-corrected chi connectivity index (χ4v) is 2.00. The molecule has 0 spiro atoms. The molecule has 1 aliphatic heterocycles. The number of carbonyl (C=O) groups excluding carboxylic acids is 1. The van der Waals surface area contributed by atoms with Crippen LogP contribution in [0.15, 0.2) is 16.9 Å². The number of halogens is 1. The molecule has 2 heterocycles. The van der Waals surface area contributed by atoms with E-state index in [1.807, 2.05) is 11.9 Å². The molecule has 0 aliphatic carbocycles. The zero-order valence-corrected chi connectivity index (χ0v) is 11.9. The predicted octanol–water partition coefficient (Wildman–Crippen LogP) is 0.107. The van der Waals surface area contributed by atoms with E-state index in [0.717, 1.165) is 30.7 Å². The van der Waals surface area contributed by atoms with Gasteiger partial charge in [0.15, 0.2) is 0 Å². The van der Waals surface area contributed by atoms with Gasteiger partial charge in [0.2, 0.25) is 11.9 Å². The molecule has 0 bridgehead atoms. The number of nitrogens with one attached hydrogen (secondary N) is 1. The van der Waals surface area contributed by atoms with Crippen LogP contribution in [0.1, 0.15) is 0 Å². The van der Waals surface area contributed by atoms with Crippen molar-refractivity contribution in [2.45, 2.75) is 0 Å². The molecule has 6 nitrogen and oxygen atoms in total. The highest BCUT2D eigenvalue weighted by atomic mass is 79.9. The van der Waals surface area contributed by atoms with Crippen molar-refractivity contribution < 1.29 is 4.79 Å². The third kappa shape index (κ3) is 3.39. The van der Waals surface area contributed by atoms with Crippen molar-refractivity contribution in [3.63, 3.8) is 0 Å². The van der Waals surface area contributed by atoms with E-state index in [2.05, 4.69) is 31.2 Å². The molecule has 0 radical (unpaired) electrons. The van der Waals surface area contributed by atoms with Gasteiger partial charge in [0.25, 0.3) is 0 Å². The predicted molar refractivity (Wildman–Crippen MR) is 72.5 cm³/mol. The molecule has 1 fully saturated rings. The summed E-state index contributed by atoms with van der Waals surface area (Å²) in [6, 6.07) is 0. The molecule has 1 amide bonds. The van der Waals surface area contributed by atoms with Gasteiger partial charge in [-0.3, -0.25) is 4.79 Å². The Morgan fingerprint density at radius 2 is 2.06 bits per heavy atom. The van der Waals surface area contributed by atoms with Gasteiger partial charge < -0.3 is 15.1 Å². The van der Waals surface area contributed by atoms with Crippen LogP contribution >= 0.6 is 15.9 Å². The summed E-state index contributed by atoms with van der Waals surface area (Å²) in [5.41, 5.74) is 0. The highest BCUT2D eigenvalue weighted by Crippen LogP contribution is 2.09. The fourth-order valence-electron chi connectivity index (χ4n) is 1.79. The molecule has 0 unspecified atom stereocenters. The van der Waals surface area contributed by atoms with Crippen molar-refractivity contribution >= 4 is 27.8 Å². The van der Waals surface area contributed by atoms with E-state index in [-0.39, 0.29) is 5.91 Å². The Morgan fingerprint density at radius 1 is 1.44 bits per heavy atom. The summed E-state index contributed by atoms with van der Waals surface area (Å²) < 4.78 is 0.827. The normalized spacial score (nSPS) is 15.6. The van der Waals surface area contributed by atoms with Crippen LogP contribution in [0.4, 0.5) is 5.95 Å². The third-order valence-corrected chi connectivity index (χ3v) is 3.20. The Morgan fingerprint density at radius 3 is 2.67 bits per heavy atom. The Labute approximate surface area is 115 Å². The zero-order valence-electron chi connectivity index (χ0n) is 10.3. The standard InChI is InChI=1S/C11H16BrN5O/c1-16(11-14-6-9(12)7-15-11)8-10(18)17-4-2-13-3-5-17/h6-7,13H,2-5,8H2,1H3. The zero-order chi connectivity index (χ0) is 13.0. The highest BCUT2D eigenvalue weighted by molar-refractivity contribution is 9.10. The molecule has 1 aromatic heterocycles. The summed E-state index contributed by atoms with van der Waals surface area (Å²) in [6.07, 6.45) is 3.35. The topological polar surface area (TPSA) is 61.4 Å². The minimum atomic E-state index is 0.116. The maximum atomic E-state index is 12.0.